The van der Waals surface area contributed by atoms with Gasteiger partial charge in [0.15, 0.2) is 0 Å². The van der Waals surface area contributed by atoms with Gasteiger partial charge in [-0.2, -0.15) is 4.39 Å². The maximum Gasteiger partial charge on any atom is 0.272 e. The van der Waals surface area contributed by atoms with E-state index >= 15 is 0 Å². The Morgan fingerprint density at radius 3 is 3.11 bits per heavy atom. The molecule has 0 bridgehead atoms. The Morgan fingerprint density at radius 1 is 1.56 bits per heavy atom. The van der Waals surface area contributed by atoms with E-state index in [1.165, 1.54) is 18.2 Å². The number of pyridine rings is 1. The zero-order valence-electron chi connectivity index (χ0n) is 10.2. The summed E-state index contributed by atoms with van der Waals surface area (Å²) in [5, 5.41) is 8.84. The molecule has 1 fully saturated rings. The van der Waals surface area contributed by atoms with Crippen LogP contribution in [0.3, 0.4) is 0 Å². The molecule has 0 aliphatic carbocycles. The van der Waals surface area contributed by atoms with Crippen LogP contribution in [0.1, 0.15) is 36.2 Å². The number of aliphatic hydroxyl groups is 1. The van der Waals surface area contributed by atoms with Gasteiger partial charge in [-0.15, -0.1) is 0 Å². The number of amides is 1. The molecular formula is C13H17FN2O2. The van der Waals surface area contributed by atoms with Crippen molar-refractivity contribution in [3.63, 3.8) is 0 Å². The number of aromatic nitrogens is 1. The van der Waals surface area contributed by atoms with Crippen LogP contribution in [0, 0.1) is 5.95 Å². The molecule has 1 amide bonds. The van der Waals surface area contributed by atoms with E-state index in [0.717, 1.165) is 19.3 Å². The van der Waals surface area contributed by atoms with Crippen LogP contribution in [0.5, 0.6) is 0 Å². The van der Waals surface area contributed by atoms with Crippen LogP contribution in [-0.4, -0.2) is 40.1 Å². The highest BCUT2D eigenvalue weighted by Gasteiger charge is 2.29. The standard InChI is InChI=1S/C13H17FN2O2/c14-12-7-1-6-11(15-12)13(18)16-8-2-4-10(16)5-3-9-17/h1,6-7,10,17H,2-5,8-9H2. The third-order valence-electron chi connectivity index (χ3n) is 3.27. The first kappa shape index (κ1) is 13.0. The summed E-state index contributed by atoms with van der Waals surface area (Å²) in [5.74, 6) is -0.845. The van der Waals surface area contributed by atoms with Gasteiger partial charge in [-0.3, -0.25) is 4.79 Å². The molecule has 1 aliphatic heterocycles. The normalized spacial score (nSPS) is 19.2. The molecule has 5 heteroatoms. The van der Waals surface area contributed by atoms with Gasteiger partial charge < -0.3 is 10.0 Å². The number of carbonyl (C=O) groups excluding carboxylic acids is 1. The minimum absolute atomic E-state index is 0.136. The highest BCUT2D eigenvalue weighted by Crippen LogP contribution is 2.23. The van der Waals surface area contributed by atoms with Crippen molar-refractivity contribution >= 4 is 5.91 Å². The maximum atomic E-state index is 13.0. The number of carbonyl (C=O) groups is 1. The van der Waals surface area contributed by atoms with Crippen LogP contribution in [0.25, 0.3) is 0 Å². The average Bonchev–Trinajstić information content (AvgIpc) is 2.83. The monoisotopic (exact) mass is 252 g/mol. The number of hydrogen-bond acceptors (Lipinski definition) is 3. The molecule has 0 saturated carbocycles. The maximum absolute atomic E-state index is 13.0. The first-order valence-corrected chi connectivity index (χ1v) is 6.27. The minimum atomic E-state index is -0.632. The number of hydrogen-bond donors (Lipinski definition) is 1. The lowest BCUT2D eigenvalue weighted by Crippen LogP contribution is -2.36. The molecule has 1 aromatic heterocycles. The highest BCUT2D eigenvalue weighted by molar-refractivity contribution is 5.92. The zero-order chi connectivity index (χ0) is 13.0. The van der Waals surface area contributed by atoms with E-state index in [9.17, 15) is 9.18 Å². The number of nitrogens with zero attached hydrogens (tertiary/aromatic N) is 2. The summed E-state index contributed by atoms with van der Waals surface area (Å²) < 4.78 is 13.0. The van der Waals surface area contributed by atoms with E-state index in [1.54, 1.807) is 4.90 Å². The SMILES string of the molecule is O=C(c1cccc(F)n1)N1CCCC1CCCO. The fraction of sp³-hybridized carbons (Fsp3) is 0.538. The molecular weight excluding hydrogens is 235 g/mol. The van der Waals surface area contributed by atoms with E-state index in [0.29, 0.717) is 13.0 Å². The Hall–Kier alpha value is -1.49. The smallest absolute Gasteiger partial charge is 0.272 e. The zero-order valence-corrected chi connectivity index (χ0v) is 10.2. The fourth-order valence-corrected chi connectivity index (χ4v) is 2.40. The summed E-state index contributed by atoms with van der Waals surface area (Å²) in [7, 11) is 0. The van der Waals surface area contributed by atoms with Crippen molar-refractivity contribution in [2.75, 3.05) is 13.2 Å². The van der Waals surface area contributed by atoms with Gasteiger partial charge in [-0.05, 0) is 37.8 Å². The third kappa shape index (κ3) is 2.85. The van der Waals surface area contributed by atoms with Crippen LogP contribution in [0.15, 0.2) is 18.2 Å². The molecule has 18 heavy (non-hydrogen) atoms. The second-order valence-electron chi connectivity index (χ2n) is 4.51. The third-order valence-corrected chi connectivity index (χ3v) is 3.27. The van der Waals surface area contributed by atoms with Crippen LogP contribution in [-0.2, 0) is 0 Å². The van der Waals surface area contributed by atoms with Crippen LogP contribution < -0.4 is 0 Å². The van der Waals surface area contributed by atoms with Gasteiger partial charge in [0.05, 0.1) is 0 Å². The summed E-state index contributed by atoms with van der Waals surface area (Å²) in [6.07, 6.45) is 3.38. The summed E-state index contributed by atoms with van der Waals surface area (Å²) in [6.45, 7) is 0.823. The van der Waals surface area contributed by atoms with Crippen LogP contribution >= 0.6 is 0 Å². The van der Waals surface area contributed by atoms with Crippen molar-refractivity contribution in [3.8, 4) is 0 Å². The van der Waals surface area contributed by atoms with Gasteiger partial charge in [0.1, 0.15) is 5.69 Å². The van der Waals surface area contributed by atoms with Crippen molar-refractivity contribution < 1.29 is 14.3 Å². The second kappa shape index (κ2) is 5.91. The lowest BCUT2D eigenvalue weighted by atomic mass is 10.1. The highest BCUT2D eigenvalue weighted by atomic mass is 19.1. The molecule has 0 radical (unpaired) electrons. The summed E-state index contributed by atoms with van der Waals surface area (Å²) in [4.78, 5) is 17.6. The minimum Gasteiger partial charge on any atom is -0.396 e. The van der Waals surface area contributed by atoms with Crippen molar-refractivity contribution in [1.29, 1.82) is 0 Å². The van der Waals surface area contributed by atoms with Gasteiger partial charge in [-0.25, -0.2) is 4.98 Å². The summed E-state index contributed by atoms with van der Waals surface area (Å²) in [6, 6.07) is 4.40. The first-order valence-electron chi connectivity index (χ1n) is 6.27. The van der Waals surface area contributed by atoms with Gasteiger partial charge in [0, 0.05) is 19.2 Å². The number of aliphatic hydroxyl groups excluding tert-OH is 1. The fourth-order valence-electron chi connectivity index (χ4n) is 2.40. The molecule has 1 aliphatic rings. The topological polar surface area (TPSA) is 53.4 Å². The van der Waals surface area contributed by atoms with E-state index in [-0.39, 0.29) is 24.2 Å². The van der Waals surface area contributed by atoms with E-state index in [1.807, 2.05) is 0 Å². The van der Waals surface area contributed by atoms with E-state index in [2.05, 4.69) is 4.98 Å². The average molecular weight is 252 g/mol. The molecule has 98 valence electrons. The molecule has 2 rings (SSSR count). The lowest BCUT2D eigenvalue weighted by Gasteiger charge is -2.24. The van der Waals surface area contributed by atoms with Gasteiger partial charge >= 0.3 is 0 Å². The molecule has 1 N–H and O–H groups in total. The summed E-state index contributed by atoms with van der Waals surface area (Å²) in [5.41, 5.74) is 0.158. The Kier molecular flexibility index (Phi) is 4.25. The van der Waals surface area contributed by atoms with E-state index in [4.69, 9.17) is 5.11 Å². The molecule has 2 heterocycles. The Bertz CT molecular complexity index is 425. The van der Waals surface area contributed by atoms with Crippen molar-refractivity contribution in [2.24, 2.45) is 0 Å². The van der Waals surface area contributed by atoms with Crippen LogP contribution in [0.4, 0.5) is 4.39 Å². The first-order chi connectivity index (χ1) is 8.72. The molecule has 1 saturated heterocycles. The van der Waals surface area contributed by atoms with Gasteiger partial charge in [0.2, 0.25) is 5.95 Å². The van der Waals surface area contributed by atoms with Crippen molar-refractivity contribution in [2.45, 2.75) is 31.7 Å². The quantitative estimate of drug-likeness (QED) is 0.828. The number of halogens is 1. The van der Waals surface area contributed by atoms with Crippen LogP contribution in [0.2, 0.25) is 0 Å². The number of likely N-dealkylation sites (tertiary alicyclic amines) is 1. The second-order valence-corrected chi connectivity index (χ2v) is 4.51. The van der Waals surface area contributed by atoms with Crippen molar-refractivity contribution in [3.05, 3.63) is 29.8 Å². The summed E-state index contributed by atoms with van der Waals surface area (Å²) >= 11 is 0. The predicted molar refractivity (Wildman–Crippen MR) is 64.6 cm³/mol. The van der Waals surface area contributed by atoms with E-state index < -0.39 is 5.95 Å². The molecule has 4 nitrogen and oxygen atoms in total. The predicted octanol–water partition coefficient (Wildman–Crippen LogP) is 1.60. The lowest BCUT2D eigenvalue weighted by molar-refractivity contribution is 0.0717. The Morgan fingerprint density at radius 2 is 2.39 bits per heavy atom. The number of rotatable bonds is 4. The molecule has 0 spiro atoms. The van der Waals surface area contributed by atoms with Gasteiger partial charge in [-0.1, -0.05) is 6.07 Å². The Balaban J connectivity index is 2.08. The molecule has 1 atom stereocenters. The molecule has 0 aromatic carbocycles. The molecule has 1 unspecified atom stereocenters. The largest absolute Gasteiger partial charge is 0.396 e. The molecule has 1 aromatic rings. The Labute approximate surface area is 105 Å². The van der Waals surface area contributed by atoms with Gasteiger partial charge in [0.25, 0.3) is 5.91 Å². The van der Waals surface area contributed by atoms with Crippen molar-refractivity contribution in [1.82, 2.24) is 9.88 Å².